The van der Waals surface area contributed by atoms with Gasteiger partial charge in [-0.3, -0.25) is 0 Å². The smallest absolute Gasteiger partial charge is 0.165 e. The molecular formula is C15H16FNO. The first-order chi connectivity index (χ1) is 8.59. The van der Waals surface area contributed by atoms with Gasteiger partial charge in [0.2, 0.25) is 0 Å². The van der Waals surface area contributed by atoms with Gasteiger partial charge in [-0.1, -0.05) is 30.3 Å². The second-order valence-corrected chi connectivity index (χ2v) is 4.39. The molecule has 0 radical (unpaired) electrons. The molecule has 3 heteroatoms. The molecule has 0 atom stereocenters. The maximum Gasteiger partial charge on any atom is 0.165 e. The third-order valence-electron chi connectivity index (χ3n) is 3.00. The van der Waals surface area contributed by atoms with Crippen molar-refractivity contribution < 1.29 is 9.50 Å². The van der Waals surface area contributed by atoms with E-state index in [2.05, 4.69) is 0 Å². The summed E-state index contributed by atoms with van der Waals surface area (Å²) in [5.41, 5.74) is 2.80. The van der Waals surface area contributed by atoms with E-state index < -0.39 is 5.82 Å². The lowest BCUT2D eigenvalue weighted by Gasteiger charge is -2.22. The lowest BCUT2D eigenvalue weighted by Crippen LogP contribution is -2.17. The van der Waals surface area contributed by atoms with Gasteiger partial charge in [0.15, 0.2) is 11.6 Å². The highest BCUT2D eigenvalue weighted by molar-refractivity contribution is 5.53. The molecule has 0 amide bonds. The lowest BCUT2D eigenvalue weighted by atomic mass is 10.1. The van der Waals surface area contributed by atoms with E-state index in [-0.39, 0.29) is 5.75 Å². The third-order valence-corrected chi connectivity index (χ3v) is 3.00. The molecule has 2 nitrogen and oxygen atoms in total. The van der Waals surface area contributed by atoms with Gasteiger partial charge in [-0.25, -0.2) is 4.39 Å². The summed E-state index contributed by atoms with van der Waals surface area (Å²) in [7, 11) is 1.92. The Hall–Kier alpha value is -2.03. The Morgan fingerprint density at radius 3 is 2.56 bits per heavy atom. The van der Waals surface area contributed by atoms with Crippen molar-refractivity contribution in [1.29, 1.82) is 0 Å². The Kier molecular flexibility index (Phi) is 3.51. The first kappa shape index (κ1) is 12.4. The highest BCUT2D eigenvalue weighted by Crippen LogP contribution is 2.25. The number of aryl methyl sites for hydroxylation is 1. The molecule has 0 aliphatic rings. The molecule has 0 saturated heterocycles. The standard InChI is InChI=1S/C15H16FNO/c1-11-6-3-4-9-14(11)17(2)10-12-7-5-8-13(16)15(12)18/h3-9,18H,10H2,1-2H3. The number of nitrogens with zero attached hydrogens (tertiary/aromatic N) is 1. The van der Waals surface area contributed by atoms with E-state index in [9.17, 15) is 9.50 Å². The molecule has 0 unspecified atom stereocenters. The normalized spacial score (nSPS) is 10.4. The minimum Gasteiger partial charge on any atom is -0.505 e. The summed E-state index contributed by atoms with van der Waals surface area (Å²) in [6, 6.07) is 12.6. The summed E-state index contributed by atoms with van der Waals surface area (Å²) < 4.78 is 13.2. The number of phenolic OH excluding ortho intramolecular Hbond substituents is 1. The zero-order valence-electron chi connectivity index (χ0n) is 10.5. The molecule has 1 N–H and O–H groups in total. The van der Waals surface area contributed by atoms with E-state index in [0.29, 0.717) is 12.1 Å². The van der Waals surface area contributed by atoms with Crippen LogP contribution in [0.2, 0.25) is 0 Å². The molecule has 2 aromatic carbocycles. The van der Waals surface area contributed by atoms with Crippen molar-refractivity contribution in [3.63, 3.8) is 0 Å². The Labute approximate surface area is 106 Å². The van der Waals surface area contributed by atoms with Gasteiger partial charge in [0.1, 0.15) is 0 Å². The van der Waals surface area contributed by atoms with E-state index in [1.807, 2.05) is 43.1 Å². The van der Waals surface area contributed by atoms with Crippen molar-refractivity contribution in [2.24, 2.45) is 0 Å². The number of hydrogen-bond donors (Lipinski definition) is 1. The van der Waals surface area contributed by atoms with E-state index in [1.165, 1.54) is 6.07 Å². The second kappa shape index (κ2) is 5.08. The van der Waals surface area contributed by atoms with Crippen molar-refractivity contribution in [3.05, 3.63) is 59.4 Å². The maximum absolute atomic E-state index is 13.2. The van der Waals surface area contributed by atoms with Gasteiger partial charge in [0, 0.05) is 24.8 Å². The van der Waals surface area contributed by atoms with Crippen molar-refractivity contribution in [1.82, 2.24) is 0 Å². The number of aromatic hydroxyl groups is 1. The number of hydrogen-bond acceptors (Lipinski definition) is 2. The van der Waals surface area contributed by atoms with Gasteiger partial charge in [0.05, 0.1) is 0 Å². The fourth-order valence-electron chi connectivity index (χ4n) is 2.02. The third kappa shape index (κ3) is 2.45. The molecule has 94 valence electrons. The van der Waals surface area contributed by atoms with Crippen LogP contribution in [0.25, 0.3) is 0 Å². The predicted molar refractivity (Wildman–Crippen MR) is 71.4 cm³/mol. The fourth-order valence-corrected chi connectivity index (χ4v) is 2.02. The number of para-hydroxylation sites is 2. The average Bonchev–Trinajstić information content (AvgIpc) is 2.35. The molecule has 2 aromatic rings. The molecule has 0 saturated carbocycles. The second-order valence-electron chi connectivity index (χ2n) is 4.39. The highest BCUT2D eigenvalue weighted by Gasteiger charge is 2.10. The minimum absolute atomic E-state index is 0.266. The summed E-state index contributed by atoms with van der Waals surface area (Å²) >= 11 is 0. The van der Waals surface area contributed by atoms with E-state index in [4.69, 9.17) is 0 Å². The molecule has 0 spiro atoms. The van der Waals surface area contributed by atoms with Gasteiger partial charge < -0.3 is 10.0 Å². The molecule has 0 heterocycles. The SMILES string of the molecule is Cc1ccccc1N(C)Cc1cccc(F)c1O. The van der Waals surface area contributed by atoms with Crippen LogP contribution in [0.1, 0.15) is 11.1 Å². The zero-order valence-corrected chi connectivity index (χ0v) is 10.5. The van der Waals surface area contributed by atoms with Crippen molar-refractivity contribution in [2.75, 3.05) is 11.9 Å². The molecule has 0 aliphatic heterocycles. The molecular weight excluding hydrogens is 229 g/mol. The number of benzene rings is 2. The van der Waals surface area contributed by atoms with E-state index in [1.54, 1.807) is 12.1 Å². The van der Waals surface area contributed by atoms with Crippen LogP contribution in [-0.2, 0) is 6.54 Å². The topological polar surface area (TPSA) is 23.5 Å². The average molecular weight is 245 g/mol. The summed E-state index contributed by atoms with van der Waals surface area (Å²) in [6.45, 7) is 2.49. The van der Waals surface area contributed by atoms with Crippen LogP contribution in [0.5, 0.6) is 5.75 Å². The summed E-state index contributed by atoms with van der Waals surface area (Å²) in [6.07, 6.45) is 0. The monoisotopic (exact) mass is 245 g/mol. The Morgan fingerprint density at radius 2 is 1.83 bits per heavy atom. The number of phenols is 1. The van der Waals surface area contributed by atoms with Crippen LogP contribution in [0.3, 0.4) is 0 Å². The minimum atomic E-state index is -0.578. The Bertz CT molecular complexity index is 554. The molecule has 18 heavy (non-hydrogen) atoms. The molecule has 0 bridgehead atoms. The first-order valence-electron chi connectivity index (χ1n) is 5.82. The van der Waals surface area contributed by atoms with E-state index >= 15 is 0 Å². The van der Waals surface area contributed by atoms with Gasteiger partial charge in [0.25, 0.3) is 0 Å². The van der Waals surface area contributed by atoms with Crippen LogP contribution in [-0.4, -0.2) is 12.2 Å². The number of anilines is 1. The predicted octanol–water partition coefficient (Wildman–Crippen LogP) is 3.48. The van der Waals surface area contributed by atoms with Crippen molar-refractivity contribution in [3.8, 4) is 5.75 Å². The van der Waals surface area contributed by atoms with Crippen LogP contribution >= 0.6 is 0 Å². The van der Waals surface area contributed by atoms with Crippen LogP contribution < -0.4 is 4.90 Å². The van der Waals surface area contributed by atoms with Gasteiger partial charge >= 0.3 is 0 Å². The van der Waals surface area contributed by atoms with Gasteiger partial charge in [-0.15, -0.1) is 0 Å². The number of halogens is 1. The Morgan fingerprint density at radius 1 is 1.11 bits per heavy atom. The highest BCUT2D eigenvalue weighted by atomic mass is 19.1. The molecule has 0 aromatic heterocycles. The summed E-state index contributed by atoms with van der Waals surface area (Å²) in [5.74, 6) is -0.844. The number of rotatable bonds is 3. The van der Waals surface area contributed by atoms with Gasteiger partial charge in [-0.2, -0.15) is 0 Å². The molecule has 0 fully saturated rings. The molecule has 0 aliphatic carbocycles. The molecule has 2 rings (SSSR count). The van der Waals surface area contributed by atoms with E-state index in [0.717, 1.165) is 11.3 Å². The maximum atomic E-state index is 13.2. The van der Waals surface area contributed by atoms with Crippen LogP contribution in [0.15, 0.2) is 42.5 Å². The first-order valence-corrected chi connectivity index (χ1v) is 5.82. The zero-order chi connectivity index (χ0) is 13.1. The summed E-state index contributed by atoms with van der Waals surface area (Å²) in [5, 5.41) is 9.66. The fraction of sp³-hybridized carbons (Fsp3) is 0.200. The summed E-state index contributed by atoms with van der Waals surface area (Å²) in [4.78, 5) is 1.99. The lowest BCUT2D eigenvalue weighted by molar-refractivity contribution is 0.425. The largest absolute Gasteiger partial charge is 0.505 e. The Balaban J connectivity index is 2.24. The van der Waals surface area contributed by atoms with Crippen LogP contribution in [0.4, 0.5) is 10.1 Å². The van der Waals surface area contributed by atoms with Crippen molar-refractivity contribution in [2.45, 2.75) is 13.5 Å². The van der Waals surface area contributed by atoms with Crippen molar-refractivity contribution >= 4 is 5.69 Å². The van der Waals surface area contributed by atoms with Crippen LogP contribution in [0, 0.1) is 12.7 Å². The van der Waals surface area contributed by atoms with Gasteiger partial charge in [-0.05, 0) is 24.6 Å². The quantitative estimate of drug-likeness (QED) is 0.895.